The molecule has 1 rings (SSSR count). The van der Waals surface area contributed by atoms with Crippen LogP contribution >= 0.6 is 27.3 Å². The summed E-state index contributed by atoms with van der Waals surface area (Å²) in [6, 6.07) is 3.23. The van der Waals surface area contributed by atoms with Gasteiger partial charge in [0.15, 0.2) is 15.6 Å². The van der Waals surface area contributed by atoms with E-state index in [1.807, 2.05) is 0 Å². The summed E-state index contributed by atoms with van der Waals surface area (Å²) in [4.78, 5) is 24.6. The van der Waals surface area contributed by atoms with Gasteiger partial charge in [-0.1, -0.05) is 0 Å². The monoisotopic (exact) mass is 353 g/mol. The number of ketones is 1. The van der Waals surface area contributed by atoms with Crippen LogP contribution < -0.4 is 0 Å². The van der Waals surface area contributed by atoms with E-state index in [-0.39, 0.29) is 0 Å². The number of thiophene rings is 1. The van der Waals surface area contributed by atoms with Crippen LogP contribution in [0.3, 0.4) is 0 Å². The highest BCUT2D eigenvalue weighted by atomic mass is 79.9. The average molecular weight is 354 g/mol. The van der Waals surface area contributed by atoms with Gasteiger partial charge >= 0.3 is 0 Å². The van der Waals surface area contributed by atoms with Crippen molar-refractivity contribution in [3.05, 3.63) is 20.8 Å². The molecule has 8 heteroatoms. The topological polar surface area (TPSA) is 71.5 Å². The molecule has 18 heavy (non-hydrogen) atoms. The summed E-state index contributed by atoms with van der Waals surface area (Å²) in [5.41, 5.74) is 0. The third kappa shape index (κ3) is 4.51. The maximum absolute atomic E-state index is 11.7. The molecule has 0 fully saturated rings. The number of nitrogens with zero attached hydrogens (tertiary/aromatic N) is 1. The Bertz CT molecular complexity index is 562. The van der Waals surface area contributed by atoms with Crippen LogP contribution in [0.15, 0.2) is 15.9 Å². The Balaban J connectivity index is 2.72. The number of halogens is 1. The largest absolute Gasteiger partial charge is 0.348 e. The second-order valence-corrected chi connectivity index (χ2v) is 8.37. The Labute approximate surface area is 118 Å². The van der Waals surface area contributed by atoms with Gasteiger partial charge in [0.25, 0.3) is 0 Å². The Morgan fingerprint density at radius 2 is 1.89 bits per heavy atom. The predicted molar refractivity (Wildman–Crippen MR) is 73.7 cm³/mol. The average Bonchev–Trinajstić information content (AvgIpc) is 2.63. The van der Waals surface area contributed by atoms with Gasteiger partial charge in [-0.2, -0.15) is 0 Å². The Kier molecular flexibility index (Phi) is 5.06. The van der Waals surface area contributed by atoms with Crippen molar-refractivity contribution in [3.63, 3.8) is 0 Å². The minimum Gasteiger partial charge on any atom is -0.348 e. The normalized spacial score (nSPS) is 11.3. The highest BCUT2D eigenvalue weighted by Crippen LogP contribution is 2.22. The molecular formula is C10H12BrNO4S2. The summed E-state index contributed by atoms with van der Waals surface area (Å²) in [5.74, 6) is -2.30. The highest BCUT2D eigenvalue weighted by Gasteiger charge is 2.23. The number of amides is 1. The lowest BCUT2D eigenvalue weighted by molar-refractivity contribution is -0.125. The minimum atomic E-state index is -3.71. The van der Waals surface area contributed by atoms with Crippen molar-refractivity contribution in [2.45, 2.75) is 0 Å². The number of sulfone groups is 1. The van der Waals surface area contributed by atoms with E-state index in [9.17, 15) is 18.0 Å². The van der Waals surface area contributed by atoms with Crippen LogP contribution in [-0.2, 0) is 14.6 Å². The molecule has 0 aliphatic carbocycles. The van der Waals surface area contributed by atoms with Crippen LogP contribution in [0.1, 0.15) is 9.67 Å². The molecule has 0 saturated carbocycles. The molecule has 1 heterocycles. The maximum Gasteiger partial charge on any atom is 0.237 e. The molecule has 0 atom stereocenters. The summed E-state index contributed by atoms with van der Waals surface area (Å²) in [5, 5.41) is 0. The predicted octanol–water partition coefficient (Wildman–Crippen LogP) is 1.20. The first-order valence-corrected chi connectivity index (χ1v) is 8.33. The molecule has 0 N–H and O–H groups in total. The van der Waals surface area contributed by atoms with Crippen molar-refractivity contribution < 1.29 is 18.0 Å². The van der Waals surface area contributed by atoms with Gasteiger partial charge in [-0.15, -0.1) is 11.3 Å². The van der Waals surface area contributed by atoms with E-state index in [0.717, 1.165) is 3.79 Å². The lowest BCUT2D eigenvalue weighted by atomic mass is 10.4. The molecule has 1 aromatic rings. The second-order valence-electron chi connectivity index (χ2n) is 3.85. The number of Topliss-reactive ketones (excluding diaryl/α,β-unsaturated/α-hetero) is 1. The van der Waals surface area contributed by atoms with Crippen molar-refractivity contribution in [3.8, 4) is 0 Å². The van der Waals surface area contributed by atoms with Crippen molar-refractivity contribution in [2.24, 2.45) is 0 Å². The van der Waals surface area contributed by atoms with Crippen LogP contribution in [-0.4, -0.2) is 50.6 Å². The Morgan fingerprint density at radius 1 is 1.28 bits per heavy atom. The van der Waals surface area contributed by atoms with Crippen molar-refractivity contribution in [2.75, 3.05) is 25.6 Å². The lowest BCUT2D eigenvalue weighted by Gasteiger charge is -2.09. The summed E-state index contributed by atoms with van der Waals surface area (Å²) in [6.07, 6.45) is 0. The fraction of sp³-hybridized carbons (Fsp3) is 0.400. The van der Waals surface area contributed by atoms with Gasteiger partial charge in [0.2, 0.25) is 5.91 Å². The van der Waals surface area contributed by atoms with Gasteiger partial charge < -0.3 is 4.90 Å². The zero-order chi connectivity index (χ0) is 13.9. The van der Waals surface area contributed by atoms with E-state index in [1.54, 1.807) is 12.1 Å². The molecule has 0 aromatic carbocycles. The second kappa shape index (κ2) is 5.94. The molecule has 0 bridgehead atoms. The van der Waals surface area contributed by atoms with Gasteiger partial charge in [-0.25, -0.2) is 8.42 Å². The summed E-state index contributed by atoms with van der Waals surface area (Å²) in [6.45, 7) is 0. The van der Waals surface area contributed by atoms with Crippen molar-refractivity contribution in [1.82, 2.24) is 4.90 Å². The van der Waals surface area contributed by atoms with Crippen LogP contribution in [0, 0.1) is 0 Å². The van der Waals surface area contributed by atoms with E-state index in [4.69, 9.17) is 0 Å². The summed E-state index contributed by atoms with van der Waals surface area (Å²) in [7, 11) is -0.777. The first kappa shape index (κ1) is 15.3. The van der Waals surface area contributed by atoms with E-state index >= 15 is 0 Å². The SMILES string of the molecule is CN(C)C(=O)CS(=O)(=O)CC(=O)c1ccc(Br)s1. The molecule has 0 aliphatic heterocycles. The third-order valence-corrected chi connectivity index (χ3v) is 5.09. The molecule has 0 radical (unpaired) electrons. The highest BCUT2D eigenvalue weighted by molar-refractivity contribution is 9.11. The molecule has 5 nitrogen and oxygen atoms in total. The van der Waals surface area contributed by atoms with E-state index in [0.29, 0.717) is 4.88 Å². The number of hydrogen-bond donors (Lipinski definition) is 0. The van der Waals surface area contributed by atoms with Crippen molar-refractivity contribution >= 4 is 48.8 Å². The summed E-state index contributed by atoms with van der Waals surface area (Å²) >= 11 is 4.36. The van der Waals surface area contributed by atoms with Gasteiger partial charge in [-0.3, -0.25) is 9.59 Å². The summed E-state index contributed by atoms with van der Waals surface area (Å²) < 4.78 is 24.1. The van der Waals surface area contributed by atoms with Gasteiger partial charge in [0.05, 0.1) is 8.66 Å². The number of carbonyl (C=O) groups is 2. The smallest absolute Gasteiger partial charge is 0.237 e. The molecular weight excluding hydrogens is 342 g/mol. The van der Waals surface area contributed by atoms with E-state index in [1.165, 1.54) is 30.3 Å². The number of rotatable bonds is 5. The zero-order valence-electron chi connectivity index (χ0n) is 9.84. The first-order valence-electron chi connectivity index (χ1n) is 4.90. The van der Waals surface area contributed by atoms with Crippen LogP contribution in [0.25, 0.3) is 0 Å². The fourth-order valence-electron chi connectivity index (χ4n) is 1.10. The molecule has 0 unspecified atom stereocenters. The fourth-order valence-corrected chi connectivity index (χ4v) is 3.81. The minimum absolute atomic E-state index is 0.364. The molecule has 1 aromatic heterocycles. The molecule has 0 aliphatic rings. The standard InChI is InChI=1S/C10H12BrNO4S2/c1-12(2)10(14)6-18(15,16)5-7(13)8-3-4-9(11)17-8/h3-4H,5-6H2,1-2H3. The van der Waals surface area contributed by atoms with Gasteiger partial charge in [0.1, 0.15) is 11.5 Å². The Morgan fingerprint density at radius 3 is 2.33 bits per heavy atom. The van der Waals surface area contributed by atoms with Crippen LogP contribution in [0.4, 0.5) is 0 Å². The van der Waals surface area contributed by atoms with Gasteiger partial charge in [-0.05, 0) is 28.1 Å². The van der Waals surface area contributed by atoms with Crippen LogP contribution in [0.2, 0.25) is 0 Å². The molecule has 1 amide bonds. The number of carbonyl (C=O) groups excluding carboxylic acids is 2. The third-order valence-electron chi connectivity index (χ3n) is 2.04. The van der Waals surface area contributed by atoms with Crippen molar-refractivity contribution in [1.29, 1.82) is 0 Å². The molecule has 0 spiro atoms. The van der Waals surface area contributed by atoms with Crippen LogP contribution in [0.5, 0.6) is 0 Å². The molecule has 0 saturated heterocycles. The van der Waals surface area contributed by atoms with E-state index < -0.39 is 33.0 Å². The maximum atomic E-state index is 11.7. The lowest BCUT2D eigenvalue weighted by Crippen LogP contribution is -2.31. The first-order chi connectivity index (χ1) is 8.21. The Hall–Kier alpha value is -0.730. The van der Waals surface area contributed by atoms with E-state index in [2.05, 4.69) is 15.9 Å². The molecule has 100 valence electrons. The number of hydrogen-bond acceptors (Lipinski definition) is 5. The quantitative estimate of drug-likeness (QED) is 0.745. The zero-order valence-corrected chi connectivity index (χ0v) is 13.1. The van der Waals surface area contributed by atoms with Gasteiger partial charge in [0, 0.05) is 14.1 Å².